The highest BCUT2D eigenvalue weighted by Crippen LogP contribution is 2.31. The number of anilines is 1. The second-order valence-electron chi connectivity index (χ2n) is 6.58. The van der Waals surface area contributed by atoms with Gasteiger partial charge in [-0.05, 0) is 38.1 Å². The van der Waals surface area contributed by atoms with Crippen LogP contribution in [0, 0.1) is 19.7 Å². The number of nitrogens with one attached hydrogen (secondary N) is 1. The number of morpholine rings is 1. The second kappa shape index (κ2) is 7.78. The van der Waals surface area contributed by atoms with E-state index in [0.29, 0.717) is 29.2 Å². The lowest BCUT2D eigenvalue weighted by atomic mass is 10.0. The summed E-state index contributed by atoms with van der Waals surface area (Å²) in [5, 5.41) is 6.68. The molecular weight excluding hydrogens is 380 g/mol. The van der Waals surface area contributed by atoms with Crippen molar-refractivity contribution in [2.24, 2.45) is 0 Å². The summed E-state index contributed by atoms with van der Waals surface area (Å²) in [6.07, 6.45) is -4.40. The number of urea groups is 1. The van der Waals surface area contributed by atoms with Gasteiger partial charge in [-0.25, -0.2) is 9.18 Å². The molecule has 1 unspecified atom stereocenters. The first-order valence-corrected chi connectivity index (χ1v) is 8.67. The van der Waals surface area contributed by atoms with Crippen LogP contribution in [0.2, 0.25) is 0 Å². The van der Waals surface area contributed by atoms with Crippen LogP contribution in [0.4, 0.5) is 28.0 Å². The summed E-state index contributed by atoms with van der Waals surface area (Å²) in [6.45, 7) is 2.68. The number of alkyl halides is 3. The molecule has 0 aliphatic carbocycles. The molecule has 3 rings (SSSR count). The first-order chi connectivity index (χ1) is 13.2. The summed E-state index contributed by atoms with van der Waals surface area (Å²) in [6, 6.07) is 4.30. The predicted octanol–water partition coefficient (Wildman–Crippen LogP) is 3.81. The van der Waals surface area contributed by atoms with Crippen molar-refractivity contribution in [1.82, 2.24) is 14.7 Å². The molecule has 28 heavy (non-hydrogen) atoms. The molecule has 1 N–H and O–H groups in total. The van der Waals surface area contributed by atoms with Crippen molar-refractivity contribution in [3.63, 3.8) is 0 Å². The topological polar surface area (TPSA) is 59.4 Å². The zero-order valence-electron chi connectivity index (χ0n) is 15.4. The molecule has 1 aromatic heterocycles. The average molecular weight is 400 g/mol. The minimum Gasteiger partial charge on any atom is -0.377 e. The Labute approximate surface area is 159 Å². The molecule has 2 aromatic rings. The number of hydrogen-bond donors (Lipinski definition) is 1. The van der Waals surface area contributed by atoms with Crippen LogP contribution in [0.3, 0.4) is 0 Å². The summed E-state index contributed by atoms with van der Waals surface area (Å²) < 4.78 is 57.8. The van der Waals surface area contributed by atoms with Gasteiger partial charge < -0.3 is 15.0 Å². The number of rotatable bonds is 3. The number of carbonyl (C=O) groups is 1. The van der Waals surface area contributed by atoms with E-state index in [9.17, 15) is 22.4 Å². The van der Waals surface area contributed by atoms with Gasteiger partial charge in [0.05, 0.1) is 24.9 Å². The van der Waals surface area contributed by atoms with Crippen LogP contribution in [0.5, 0.6) is 0 Å². The Morgan fingerprint density at radius 1 is 1.29 bits per heavy atom. The van der Waals surface area contributed by atoms with E-state index in [1.54, 1.807) is 13.8 Å². The van der Waals surface area contributed by atoms with Gasteiger partial charge in [0.15, 0.2) is 0 Å². The van der Waals surface area contributed by atoms with Crippen LogP contribution in [0.1, 0.15) is 23.0 Å². The molecule has 1 saturated heterocycles. The van der Waals surface area contributed by atoms with Crippen LogP contribution < -0.4 is 5.32 Å². The summed E-state index contributed by atoms with van der Waals surface area (Å²) in [7, 11) is 0. The average Bonchev–Trinajstić information content (AvgIpc) is 2.88. The Balaban J connectivity index is 1.85. The summed E-state index contributed by atoms with van der Waals surface area (Å²) in [4.78, 5) is 14.3. The lowest BCUT2D eigenvalue weighted by Crippen LogP contribution is -2.45. The Kier molecular flexibility index (Phi) is 5.59. The Morgan fingerprint density at radius 3 is 2.61 bits per heavy atom. The van der Waals surface area contributed by atoms with Crippen LogP contribution in [0.25, 0.3) is 0 Å². The van der Waals surface area contributed by atoms with Gasteiger partial charge in [0.1, 0.15) is 12.4 Å². The Hall–Kier alpha value is -2.62. The fourth-order valence-corrected chi connectivity index (χ4v) is 3.33. The molecule has 1 aromatic carbocycles. The third-order valence-electron chi connectivity index (χ3n) is 4.58. The predicted molar refractivity (Wildman–Crippen MR) is 93.4 cm³/mol. The molecule has 0 spiro atoms. The molecule has 0 saturated carbocycles. The number of carbonyl (C=O) groups excluding carboxylic acids is 1. The summed E-state index contributed by atoms with van der Waals surface area (Å²) >= 11 is 0. The monoisotopic (exact) mass is 400 g/mol. The number of amides is 2. The van der Waals surface area contributed by atoms with E-state index in [-0.39, 0.29) is 13.2 Å². The molecule has 152 valence electrons. The molecule has 1 fully saturated rings. The van der Waals surface area contributed by atoms with Crippen LogP contribution >= 0.6 is 0 Å². The number of hydrogen-bond acceptors (Lipinski definition) is 3. The standard InChI is InChI=1S/C18H20F4N4O2/c1-11-16(12(2)26(24-11)10-18(20,21)22)15-9-28-8-7-25(15)17(27)23-14-5-3-13(19)4-6-14/h3-6,15H,7-10H2,1-2H3,(H,23,27). The number of benzene rings is 1. The highest BCUT2D eigenvalue weighted by molar-refractivity contribution is 5.89. The lowest BCUT2D eigenvalue weighted by Gasteiger charge is -2.36. The van der Waals surface area contributed by atoms with E-state index in [2.05, 4.69) is 10.4 Å². The molecule has 1 aliphatic rings. The van der Waals surface area contributed by atoms with Gasteiger partial charge in [0.25, 0.3) is 0 Å². The van der Waals surface area contributed by atoms with Gasteiger partial charge in [-0.2, -0.15) is 18.3 Å². The molecule has 0 bridgehead atoms. The summed E-state index contributed by atoms with van der Waals surface area (Å²) in [5.41, 5.74) is 1.71. The van der Waals surface area contributed by atoms with E-state index < -0.39 is 30.6 Å². The smallest absolute Gasteiger partial charge is 0.377 e. The third-order valence-corrected chi connectivity index (χ3v) is 4.58. The Bertz CT molecular complexity index is 849. The molecule has 0 radical (unpaired) electrons. The van der Waals surface area contributed by atoms with E-state index in [1.807, 2.05) is 0 Å². The fourth-order valence-electron chi connectivity index (χ4n) is 3.33. The SMILES string of the molecule is Cc1nn(CC(F)(F)F)c(C)c1C1COCCN1C(=O)Nc1ccc(F)cc1. The van der Waals surface area contributed by atoms with Crippen molar-refractivity contribution in [1.29, 1.82) is 0 Å². The molecule has 6 nitrogen and oxygen atoms in total. The van der Waals surface area contributed by atoms with Crippen molar-refractivity contribution in [3.05, 3.63) is 47.0 Å². The van der Waals surface area contributed by atoms with Crippen LogP contribution in [-0.2, 0) is 11.3 Å². The molecule has 2 heterocycles. The number of nitrogens with zero attached hydrogens (tertiary/aromatic N) is 3. The quantitative estimate of drug-likeness (QED) is 0.798. The maximum absolute atomic E-state index is 13.0. The molecule has 10 heteroatoms. The Morgan fingerprint density at radius 2 is 1.96 bits per heavy atom. The van der Waals surface area contributed by atoms with Crippen molar-refractivity contribution in [2.75, 3.05) is 25.1 Å². The van der Waals surface area contributed by atoms with Gasteiger partial charge in [-0.3, -0.25) is 4.68 Å². The molecular formula is C18H20F4N4O2. The van der Waals surface area contributed by atoms with E-state index in [4.69, 9.17) is 4.74 Å². The molecule has 2 amide bonds. The normalized spacial score (nSPS) is 17.6. The first-order valence-electron chi connectivity index (χ1n) is 8.67. The number of halogens is 4. The fraction of sp³-hybridized carbons (Fsp3) is 0.444. The zero-order chi connectivity index (χ0) is 20.5. The first kappa shape index (κ1) is 20.1. The van der Waals surface area contributed by atoms with Crippen molar-refractivity contribution >= 4 is 11.7 Å². The third kappa shape index (κ3) is 4.44. The van der Waals surface area contributed by atoms with Crippen LogP contribution in [-0.4, -0.2) is 46.6 Å². The van der Waals surface area contributed by atoms with Gasteiger partial charge in [-0.1, -0.05) is 0 Å². The number of aryl methyl sites for hydroxylation is 1. The van der Waals surface area contributed by atoms with E-state index in [0.717, 1.165) is 4.68 Å². The highest BCUT2D eigenvalue weighted by atomic mass is 19.4. The number of ether oxygens (including phenoxy) is 1. The van der Waals surface area contributed by atoms with E-state index >= 15 is 0 Å². The zero-order valence-corrected chi connectivity index (χ0v) is 15.4. The van der Waals surface area contributed by atoms with Crippen LogP contribution in [0.15, 0.2) is 24.3 Å². The second-order valence-corrected chi connectivity index (χ2v) is 6.58. The van der Waals surface area contributed by atoms with Gasteiger partial charge in [0.2, 0.25) is 0 Å². The largest absolute Gasteiger partial charge is 0.408 e. The van der Waals surface area contributed by atoms with Crippen molar-refractivity contribution in [3.8, 4) is 0 Å². The highest BCUT2D eigenvalue weighted by Gasteiger charge is 2.35. The maximum Gasteiger partial charge on any atom is 0.408 e. The van der Waals surface area contributed by atoms with Crippen molar-refractivity contribution in [2.45, 2.75) is 32.6 Å². The minimum absolute atomic E-state index is 0.149. The number of aromatic nitrogens is 2. The molecule has 1 aliphatic heterocycles. The van der Waals surface area contributed by atoms with Crippen molar-refractivity contribution < 1.29 is 27.1 Å². The van der Waals surface area contributed by atoms with Gasteiger partial charge >= 0.3 is 12.2 Å². The summed E-state index contributed by atoms with van der Waals surface area (Å²) in [5.74, 6) is -0.425. The van der Waals surface area contributed by atoms with E-state index in [1.165, 1.54) is 29.2 Å². The van der Waals surface area contributed by atoms with Gasteiger partial charge in [-0.15, -0.1) is 0 Å². The minimum atomic E-state index is -4.40. The van der Waals surface area contributed by atoms with Gasteiger partial charge in [0, 0.05) is 23.5 Å². The molecule has 1 atom stereocenters. The lowest BCUT2D eigenvalue weighted by molar-refractivity contribution is -0.143. The maximum atomic E-state index is 13.0.